The highest BCUT2D eigenvalue weighted by Crippen LogP contribution is 2.41. The van der Waals surface area contributed by atoms with Crippen molar-refractivity contribution >= 4 is 29.2 Å². The van der Waals surface area contributed by atoms with Gasteiger partial charge in [-0.3, -0.25) is 14.3 Å². The molecule has 1 aliphatic carbocycles. The Morgan fingerprint density at radius 3 is 2.45 bits per heavy atom. The number of anilines is 1. The molecule has 214 valence electrons. The van der Waals surface area contributed by atoms with Gasteiger partial charge in [-0.1, -0.05) is 0 Å². The zero-order valence-corrected chi connectivity index (χ0v) is 22.2. The average Bonchev–Trinajstić information content (AvgIpc) is 3.59. The molecule has 1 saturated carbocycles. The molecule has 0 aromatic carbocycles. The van der Waals surface area contributed by atoms with Gasteiger partial charge in [-0.05, 0) is 39.7 Å². The highest BCUT2D eigenvalue weighted by Gasteiger charge is 2.38. The fourth-order valence-corrected chi connectivity index (χ4v) is 4.63. The quantitative estimate of drug-likeness (QED) is 0.489. The Morgan fingerprint density at radius 1 is 1.15 bits per heavy atom. The van der Waals surface area contributed by atoms with Crippen LogP contribution in [0.2, 0.25) is 0 Å². The maximum absolute atomic E-state index is 13.7. The van der Waals surface area contributed by atoms with Crippen LogP contribution in [0.5, 0.6) is 0 Å². The first-order valence-electron chi connectivity index (χ1n) is 13.0. The van der Waals surface area contributed by atoms with Crippen LogP contribution in [-0.4, -0.2) is 84.9 Å². The van der Waals surface area contributed by atoms with E-state index in [1.807, 2.05) is 0 Å². The number of rotatable bonds is 6. The number of carbonyl (C=O) groups is 3. The van der Waals surface area contributed by atoms with Crippen molar-refractivity contribution in [3.63, 3.8) is 0 Å². The number of nitrogens with one attached hydrogen (secondary N) is 1. The number of hydrogen-bond acceptors (Lipinski definition) is 7. The van der Waals surface area contributed by atoms with Gasteiger partial charge in [0.15, 0.2) is 5.65 Å². The largest absolute Gasteiger partial charge is 0.450 e. The van der Waals surface area contributed by atoms with E-state index in [4.69, 9.17) is 4.74 Å². The van der Waals surface area contributed by atoms with Crippen molar-refractivity contribution in [2.75, 3.05) is 38.1 Å². The summed E-state index contributed by atoms with van der Waals surface area (Å²) in [4.78, 5) is 45.7. The number of halogens is 3. The summed E-state index contributed by atoms with van der Waals surface area (Å²) in [6, 6.07) is 0.287. The summed E-state index contributed by atoms with van der Waals surface area (Å²) in [7, 11) is 0. The molecule has 2 fully saturated rings. The molecule has 15 heteroatoms. The molecule has 5 rings (SSSR count). The predicted octanol–water partition coefficient (Wildman–Crippen LogP) is 3.24. The lowest BCUT2D eigenvalue weighted by Gasteiger charge is -2.35. The molecule has 0 bridgehead atoms. The maximum Gasteiger partial charge on any atom is 0.433 e. The third-order valence-electron chi connectivity index (χ3n) is 7.06. The lowest BCUT2D eigenvalue weighted by Crippen LogP contribution is -2.52. The Labute approximate surface area is 227 Å². The summed E-state index contributed by atoms with van der Waals surface area (Å²) in [6.45, 7) is 6.70. The molecule has 3 amide bonds. The number of alkyl halides is 3. The van der Waals surface area contributed by atoms with Gasteiger partial charge < -0.3 is 19.9 Å². The van der Waals surface area contributed by atoms with Gasteiger partial charge in [0.2, 0.25) is 5.91 Å². The second-order valence-corrected chi connectivity index (χ2v) is 9.88. The average molecular weight is 563 g/mol. The van der Waals surface area contributed by atoms with E-state index in [9.17, 15) is 27.6 Å². The molecular formula is C25H29F3N8O4. The highest BCUT2D eigenvalue weighted by molar-refractivity contribution is 6.08. The van der Waals surface area contributed by atoms with Gasteiger partial charge in [0.1, 0.15) is 17.3 Å². The van der Waals surface area contributed by atoms with Gasteiger partial charge in [0.25, 0.3) is 5.91 Å². The Balaban J connectivity index is 1.30. The van der Waals surface area contributed by atoms with E-state index in [1.165, 1.54) is 10.9 Å². The number of ether oxygens (including phenoxy) is 1. The lowest BCUT2D eigenvalue weighted by atomic mass is 10.2. The smallest absolute Gasteiger partial charge is 0.433 e. The molecule has 0 spiro atoms. The van der Waals surface area contributed by atoms with Crippen LogP contribution in [0.4, 0.5) is 23.7 Å². The Bertz CT molecular complexity index is 1450. The minimum Gasteiger partial charge on any atom is -0.450 e. The second-order valence-electron chi connectivity index (χ2n) is 9.88. The van der Waals surface area contributed by atoms with Crippen molar-refractivity contribution in [3.8, 4) is 0 Å². The van der Waals surface area contributed by atoms with Gasteiger partial charge in [-0.15, -0.1) is 0 Å². The van der Waals surface area contributed by atoms with Crippen molar-refractivity contribution < 1.29 is 32.3 Å². The molecule has 0 radical (unpaired) electrons. The van der Waals surface area contributed by atoms with E-state index >= 15 is 0 Å². The van der Waals surface area contributed by atoms with Crippen LogP contribution >= 0.6 is 0 Å². The first-order chi connectivity index (χ1) is 19.0. The maximum atomic E-state index is 13.7. The van der Waals surface area contributed by atoms with Crippen molar-refractivity contribution in [2.45, 2.75) is 51.7 Å². The summed E-state index contributed by atoms with van der Waals surface area (Å²) in [5.74, 6) is -0.965. The molecule has 3 aromatic rings. The first-order valence-corrected chi connectivity index (χ1v) is 13.0. The molecule has 1 atom stereocenters. The fraction of sp³-hybridized carbons (Fsp3) is 0.520. The third-order valence-corrected chi connectivity index (χ3v) is 7.06. The van der Waals surface area contributed by atoms with Crippen LogP contribution in [-0.2, 0) is 15.7 Å². The van der Waals surface area contributed by atoms with E-state index in [1.54, 1.807) is 30.6 Å². The normalized spacial score (nSPS) is 16.8. The van der Waals surface area contributed by atoms with Crippen LogP contribution < -0.4 is 5.32 Å². The number of aromatic nitrogens is 5. The SMILES string of the molecule is CCOC(=O)N1CCN(C(=O)C(C)n2cc(NC(=O)c3cnn4c(C(F)(F)F)cc(C5CC5)nc34)c(C)n2)CC1. The summed E-state index contributed by atoms with van der Waals surface area (Å²) in [5, 5.41) is 10.8. The number of aryl methyl sites for hydroxylation is 1. The van der Waals surface area contributed by atoms with E-state index in [2.05, 4.69) is 20.5 Å². The van der Waals surface area contributed by atoms with Crippen molar-refractivity contribution in [1.29, 1.82) is 0 Å². The molecular weight excluding hydrogens is 533 g/mol. The van der Waals surface area contributed by atoms with Gasteiger partial charge in [-0.2, -0.15) is 23.4 Å². The van der Waals surface area contributed by atoms with Gasteiger partial charge in [0.05, 0.1) is 24.2 Å². The zero-order chi connectivity index (χ0) is 28.8. The molecule has 12 nitrogen and oxygen atoms in total. The molecule has 1 aliphatic heterocycles. The second kappa shape index (κ2) is 10.4. The van der Waals surface area contributed by atoms with Gasteiger partial charge >= 0.3 is 12.3 Å². The molecule has 4 heterocycles. The summed E-state index contributed by atoms with van der Waals surface area (Å²) < 4.78 is 48.2. The first kappa shape index (κ1) is 27.4. The zero-order valence-electron chi connectivity index (χ0n) is 22.2. The van der Waals surface area contributed by atoms with E-state index in [0.717, 1.165) is 25.1 Å². The van der Waals surface area contributed by atoms with E-state index in [0.29, 0.717) is 42.1 Å². The minimum absolute atomic E-state index is 0.0652. The minimum atomic E-state index is -4.67. The molecule has 1 saturated heterocycles. The number of fused-ring (bicyclic) bond motifs is 1. The summed E-state index contributed by atoms with van der Waals surface area (Å²) in [6.07, 6.45) is -1.04. The van der Waals surface area contributed by atoms with Crippen molar-refractivity contribution in [3.05, 3.63) is 41.1 Å². The molecule has 2 aliphatic rings. The van der Waals surface area contributed by atoms with Crippen LogP contribution in [0.1, 0.15) is 66.1 Å². The van der Waals surface area contributed by atoms with E-state index < -0.39 is 29.9 Å². The summed E-state index contributed by atoms with van der Waals surface area (Å²) in [5.41, 5.74) is -0.273. The fourth-order valence-electron chi connectivity index (χ4n) is 4.63. The topological polar surface area (TPSA) is 127 Å². The van der Waals surface area contributed by atoms with Crippen LogP contribution in [0.25, 0.3) is 5.65 Å². The van der Waals surface area contributed by atoms with Crippen LogP contribution in [0, 0.1) is 6.92 Å². The number of amides is 3. The Kier molecular flexibility index (Phi) is 7.14. The monoisotopic (exact) mass is 562 g/mol. The van der Waals surface area contributed by atoms with Crippen LogP contribution in [0.3, 0.4) is 0 Å². The predicted molar refractivity (Wildman–Crippen MR) is 135 cm³/mol. The Hall–Kier alpha value is -4.17. The molecule has 3 aromatic heterocycles. The standard InChI is InChI=1S/C25H29F3N8O4/c1-4-40-24(39)34-9-7-33(8-10-34)23(38)15(3)35-13-19(14(2)32-35)31-22(37)17-12-29-36-20(25(26,27)28)11-18(16-5-6-16)30-21(17)36/h11-13,15-16H,4-10H2,1-3H3,(H,31,37). The third kappa shape index (κ3) is 5.31. The highest BCUT2D eigenvalue weighted by atomic mass is 19.4. The van der Waals surface area contributed by atoms with Gasteiger partial charge in [-0.25, -0.2) is 14.3 Å². The molecule has 40 heavy (non-hydrogen) atoms. The molecule has 1 unspecified atom stereocenters. The lowest BCUT2D eigenvalue weighted by molar-refractivity contribution is -0.142. The van der Waals surface area contributed by atoms with Gasteiger partial charge in [0, 0.05) is 44.0 Å². The Morgan fingerprint density at radius 2 is 1.82 bits per heavy atom. The number of carbonyl (C=O) groups excluding carboxylic acids is 3. The number of hydrogen-bond donors (Lipinski definition) is 1. The van der Waals surface area contributed by atoms with E-state index in [-0.39, 0.29) is 35.3 Å². The number of nitrogens with zero attached hydrogens (tertiary/aromatic N) is 7. The molecule has 1 N–H and O–H groups in total. The van der Waals surface area contributed by atoms with Crippen molar-refractivity contribution in [2.24, 2.45) is 0 Å². The van der Waals surface area contributed by atoms with Crippen LogP contribution in [0.15, 0.2) is 18.5 Å². The van der Waals surface area contributed by atoms with Crippen molar-refractivity contribution in [1.82, 2.24) is 34.2 Å². The summed E-state index contributed by atoms with van der Waals surface area (Å²) >= 11 is 0. The number of piperazine rings is 1.